The van der Waals surface area contributed by atoms with Crippen LogP contribution >= 0.6 is 27.7 Å². The molecule has 7 rings (SSSR count). The van der Waals surface area contributed by atoms with Crippen molar-refractivity contribution in [3.63, 3.8) is 0 Å². The van der Waals surface area contributed by atoms with Crippen LogP contribution in [-0.4, -0.2) is 19.2 Å². The molecule has 5 aromatic rings. The Bertz CT molecular complexity index is 1750. The number of fused-ring (bicyclic) bond motifs is 6. The molecule has 5 nitrogen and oxygen atoms in total. The highest BCUT2D eigenvalue weighted by molar-refractivity contribution is 9.10. The molecule has 0 N–H and O–H groups in total. The van der Waals surface area contributed by atoms with E-state index in [-0.39, 0.29) is 11.0 Å². The maximum Gasteiger partial charge on any atom is 0.263 e. The Balaban J connectivity index is 1.52. The summed E-state index contributed by atoms with van der Waals surface area (Å²) in [6.07, 6.45) is 6.51. The molecule has 196 valence electrons. The first-order valence-corrected chi connectivity index (χ1v) is 15.4. The second-order valence-corrected chi connectivity index (χ2v) is 12.8. The second kappa shape index (κ2) is 9.79. The first-order chi connectivity index (χ1) is 19.0. The van der Waals surface area contributed by atoms with Crippen LogP contribution in [0.25, 0.3) is 22.7 Å². The van der Waals surface area contributed by atoms with E-state index in [1.807, 2.05) is 12.1 Å². The lowest BCUT2D eigenvalue weighted by molar-refractivity contribution is 0.284. The molecule has 2 heterocycles. The van der Waals surface area contributed by atoms with Crippen LogP contribution in [0.1, 0.15) is 54.4 Å². The van der Waals surface area contributed by atoms with Gasteiger partial charge in [0.25, 0.3) is 5.56 Å². The Morgan fingerprint density at radius 3 is 2.44 bits per heavy atom. The summed E-state index contributed by atoms with van der Waals surface area (Å²) < 4.78 is 5.04. The maximum absolute atomic E-state index is 14.7. The molecule has 0 amide bonds. The molecule has 1 saturated carbocycles. The first kappa shape index (κ1) is 24.9. The van der Waals surface area contributed by atoms with Crippen molar-refractivity contribution in [2.75, 3.05) is 0 Å². The molecule has 2 aliphatic carbocycles. The third-order valence-corrected chi connectivity index (χ3v) is 9.94. The Hall–Kier alpha value is -3.16. The summed E-state index contributed by atoms with van der Waals surface area (Å²) in [5.74, 6) is 1.34. The van der Waals surface area contributed by atoms with Crippen LogP contribution in [0.3, 0.4) is 0 Å². The van der Waals surface area contributed by atoms with Gasteiger partial charge < -0.3 is 0 Å². The third kappa shape index (κ3) is 4.18. The van der Waals surface area contributed by atoms with Crippen LogP contribution in [0.15, 0.2) is 87.2 Å². The molecule has 0 aliphatic heterocycles. The zero-order valence-corrected chi connectivity index (χ0v) is 24.3. The van der Waals surface area contributed by atoms with E-state index in [2.05, 4.69) is 93.0 Å². The maximum atomic E-state index is 14.7. The van der Waals surface area contributed by atoms with Crippen molar-refractivity contribution in [3.05, 3.63) is 110 Å². The lowest BCUT2D eigenvalue weighted by Crippen LogP contribution is -2.43. The van der Waals surface area contributed by atoms with Gasteiger partial charge in [-0.3, -0.25) is 9.20 Å². The number of benzene rings is 3. The molecule has 0 radical (unpaired) electrons. The van der Waals surface area contributed by atoms with Crippen molar-refractivity contribution in [2.45, 2.75) is 61.8 Å². The average Bonchev–Trinajstić information content (AvgIpc) is 3.37. The molecule has 7 heteroatoms. The minimum atomic E-state index is -0.169. The lowest BCUT2D eigenvalue weighted by Gasteiger charge is -2.42. The molecule has 1 spiro atoms. The Kier molecular flexibility index (Phi) is 6.24. The largest absolute Gasteiger partial charge is 0.268 e. The Labute approximate surface area is 240 Å². The van der Waals surface area contributed by atoms with Crippen molar-refractivity contribution in [1.29, 1.82) is 0 Å². The van der Waals surface area contributed by atoms with E-state index in [4.69, 9.17) is 5.10 Å². The molecule has 0 atom stereocenters. The molecule has 2 aromatic heterocycles. The number of nitrogens with zero attached hydrogens (tertiary/aromatic N) is 4. The number of thioether (sulfide) groups is 1. The molecule has 2 aliphatic rings. The summed E-state index contributed by atoms with van der Waals surface area (Å²) in [6.45, 7) is 2.07. The van der Waals surface area contributed by atoms with Crippen LogP contribution in [0.2, 0.25) is 0 Å². The minimum Gasteiger partial charge on any atom is -0.268 e. The number of hydrogen-bond acceptors (Lipinski definition) is 4. The van der Waals surface area contributed by atoms with Gasteiger partial charge in [0.05, 0.1) is 11.4 Å². The molecule has 1 fully saturated rings. The van der Waals surface area contributed by atoms with E-state index in [9.17, 15) is 4.79 Å². The van der Waals surface area contributed by atoms with Crippen LogP contribution in [0.5, 0.6) is 0 Å². The topological polar surface area (TPSA) is 52.2 Å². The summed E-state index contributed by atoms with van der Waals surface area (Å²) in [6, 6.07) is 25.2. The lowest BCUT2D eigenvalue weighted by atomic mass is 9.62. The summed E-state index contributed by atoms with van der Waals surface area (Å²) in [5.41, 5.74) is 7.47. The van der Waals surface area contributed by atoms with Gasteiger partial charge in [0.2, 0.25) is 5.78 Å². The minimum absolute atomic E-state index is 0.0506. The quantitative estimate of drug-likeness (QED) is 0.200. The SMILES string of the molecule is Cc1ccc(-n2c(=O)c3c(n4c(SCc5ccc(Br)cc5)nnc24)-c2ccccc2CC32CCCCC2)cc1. The number of halogens is 1. The fourth-order valence-corrected chi connectivity index (χ4v) is 7.67. The Morgan fingerprint density at radius 1 is 0.923 bits per heavy atom. The van der Waals surface area contributed by atoms with Crippen molar-refractivity contribution in [2.24, 2.45) is 0 Å². The third-order valence-electron chi connectivity index (χ3n) is 8.41. The number of rotatable bonds is 4. The number of hydrogen-bond donors (Lipinski definition) is 0. The predicted molar refractivity (Wildman–Crippen MR) is 161 cm³/mol. The number of aromatic nitrogens is 4. The van der Waals surface area contributed by atoms with Crippen LogP contribution in [-0.2, 0) is 17.6 Å². The zero-order valence-electron chi connectivity index (χ0n) is 21.9. The standard InChI is InChI=1S/C32H29BrN4OS/c1-21-9-15-25(16-10-21)36-29(38)27-28(26-8-4-3-7-23(26)19-32(27)17-5-2-6-18-32)37-30(36)34-35-31(37)39-20-22-11-13-24(33)14-12-22/h3-4,7-16H,2,5-6,17-20H2,1H3. The van der Waals surface area contributed by atoms with Gasteiger partial charge in [-0.05, 0) is 61.6 Å². The van der Waals surface area contributed by atoms with Gasteiger partial charge >= 0.3 is 0 Å². The van der Waals surface area contributed by atoms with Crippen molar-refractivity contribution in [1.82, 2.24) is 19.2 Å². The van der Waals surface area contributed by atoms with Gasteiger partial charge in [-0.15, -0.1) is 10.2 Å². The molecule has 3 aromatic carbocycles. The highest BCUT2D eigenvalue weighted by Crippen LogP contribution is 2.49. The van der Waals surface area contributed by atoms with E-state index >= 15 is 0 Å². The normalized spacial score (nSPS) is 15.8. The summed E-state index contributed by atoms with van der Waals surface area (Å²) in [7, 11) is 0. The van der Waals surface area contributed by atoms with Gasteiger partial charge in [-0.1, -0.05) is 101 Å². The van der Waals surface area contributed by atoms with Gasteiger partial charge in [0.15, 0.2) is 5.16 Å². The van der Waals surface area contributed by atoms with Gasteiger partial charge in [-0.25, -0.2) is 4.57 Å². The van der Waals surface area contributed by atoms with Crippen molar-refractivity contribution >= 4 is 33.5 Å². The van der Waals surface area contributed by atoms with Crippen LogP contribution < -0.4 is 5.56 Å². The second-order valence-electron chi connectivity index (χ2n) is 10.9. The van der Waals surface area contributed by atoms with E-state index in [0.29, 0.717) is 5.78 Å². The number of aryl methyl sites for hydroxylation is 1. The van der Waals surface area contributed by atoms with E-state index in [1.54, 1.807) is 16.3 Å². The fraction of sp³-hybridized carbons (Fsp3) is 0.281. The average molecular weight is 598 g/mol. The van der Waals surface area contributed by atoms with Gasteiger partial charge in [-0.2, -0.15) is 0 Å². The van der Waals surface area contributed by atoms with Gasteiger partial charge in [0, 0.05) is 26.8 Å². The molecular formula is C32H29BrN4OS. The van der Waals surface area contributed by atoms with E-state index in [1.165, 1.54) is 17.5 Å². The van der Waals surface area contributed by atoms with E-state index in [0.717, 1.165) is 75.6 Å². The molecule has 0 unspecified atom stereocenters. The molecule has 0 bridgehead atoms. The highest BCUT2D eigenvalue weighted by atomic mass is 79.9. The predicted octanol–water partition coefficient (Wildman–Crippen LogP) is 7.67. The summed E-state index contributed by atoms with van der Waals surface area (Å²) in [4.78, 5) is 14.7. The Morgan fingerprint density at radius 2 is 1.67 bits per heavy atom. The summed E-state index contributed by atoms with van der Waals surface area (Å²) >= 11 is 5.20. The van der Waals surface area contributed by atoms with Gasteiger partial charge in [0.1, 0.15) is 0 Å². The zero-order chi connectivity index (χ0) is 26.6. The molecule has 0 saturated heterocycles. The van der Waals surface area contributed by atoms with E-state index < -0.39 is 0 Å². The fourth-order valence-electron chi connectivity index (χ4n) is 6.51. The summed E-state index contributed by atoms with van der Waals surface area (Å²) in [5, 5.41) is 10.2. The monoisotopic (exact) mass is 596 g/mol. The first-order valence-electron chi connectivity index (χ1n) is 13.6. The highest BCUT2D eigenvalue weighted by Gasteiger charge is 2.44. The van der Waals surface area contributed by atoms with Crippen LogP contribution in [0.4, 0.5) is 0 Å². The van der Waals surface area contributed by atoms with Crippen molar-refractivity contribution < 1.29 is 0 Å². The molecule has 39 heavy (non-hydrogen) atoms. The van der Waals surface area contributed by atoms with Crippen LogP contribution in [0, 0.1) is 6.92 Å². The van der Waals surface area contributed by atoms with Crippen molar-refractivity contribution in [3.8, 4) is 16.9 Å². The molecular weight excluding hydrogens is 568 g/mol. The smallest absolute Gasteiger partial charge is 0.263 e.